The Balaban J connectivity index is 1.19. The van der Waals surface area contributed by atoms with Gasteiger partial charge in [0.05, 0.1) is 13.2 Å². The molecule has 0 bridgehead atoms. The van der Waals surface area contributed by atoms with Crippen LogP contribution < -0.4 is 5.32 Å². The second-order valence-corrected chi connectivity index (χ2v) is 7.58. The summed E-state index contributed by atoms with van der Waals surface area (Å²) in [5, 5.41) is 3.22. The molecule has 1 aliphatic carbocycles. The Labute approximate surface area is 155 Å². The van der Waals surface area contributed by atoms with E-state index in [0.29, 0.717) is 13.2 Å². The molecule has 0 atom stereocenters. The molecule has 1 aromatic rings. The number of ether oxygens (including phenoxy) is 2. The zero-order valence-corrected chi connectivity index (χ0v) is 15.4. The summed E-state index contributed by atoms with van der Waals surface area (Å²) in [6.07, 6.45) is 3.62. The van der Waals surface area contributed by atoms with Gasteiger partial charge in [-0.3, -0.25) is 4.90 Å². The molecule has 26 heavy (non-hydrogen) atoms. The Hall–Kier alpha value is -1.63. The first-order valence-corrected chi connectivity index (χ1v) is 9.82. The van der Waals surface area contributed by atoms with Crippen molar-refractivity contribution in [2.24, 2.45) is 0 Å². The van der Waals surface area contributed by atoms with Crippen LogP contribution in [0.15, 0.2) is 30.3 Å². The number of amides is 2. The summed E-state index contributed by atoms with van der Waals surface area (Å²) in [7, 11) is 0. The molecule has 3 aliphatic rings. The lowest BCUT2D eigenvalue weighted by Crippen LogP contribution is -2.54. The molecule has 6 nitrogen and oxygen atoms in total. The van der Waals surface area contributed by atoms with Gasteiger partial charge in [0.25, 0.3) is 0 Å². The van der Waals surface area contributed by atoms with Gasteiger partial charge >= 0.3 is 6.03 Å². The third kappa shape index (κ3) is 4.19. The van der Waals surface area contributed by atoms with Crippen molar-refractivity contribution in [2.75, 3.05) is 39.4 Å². The standard InChI is InChI=1S/C20H29N3O3/c24-19(21-18-6-8-20(9-7-18)25-14-15-26-20)23-12-10-22(11-13-23)16-17-4-2-1-3-5-17/h1-5,18H,6-16H2,(H,21,24). The first-order chi connectivity index (χ1) is 12.7. The van der Waals surface area contributed by atoms with E-state index in [2.05, 4.69) is 34.5 Å². The van der Waals surface area contributed by atoms with Crippen molar-refractivity contribution >= 4 is 6.03 Å². The second kappa shape index (κ2) is 7.94. The summed E-state index contributed by atoms with van der Waals surface area (Å²) in [5.74, 6) is -0.357. The number of nitrogens with zero attached hydrogens (tertiary/aromatic N) is 2. The first-order valence-electron chi connectivity index (χ1n) is 9.82. The Morgan fingerprint density at radius 2 is 1.69 bits per heavy atom. The third-order valence-electron chi connectivity index (χ3n) is 5.80. The van der Waals surface area contributed by atoms with Gasteiger partial charge in [0, 0.05) is 51.6 Å². The summed E-state index contributed by atoms with van der Waals surface area (Å²) in [6, 6.07) is 10.8. The molecule has 2 amide bonds. The average Bonchev–Trinajstić information content (AvgIpc) is 3.13. The van der Waals surface area contributed by atoms with Crippen LogP contribution in [0.25, 0.3) is 0 Å². The summed E-state index contributed by atoms with van der Waals surface area (Å²) >= 11 is 0. The van der Waals surface area contributed by atoms with Crippen molar-refractivity contribution < 1.29 is 14.3 Å². The van der Waals surface area contributed by atoms with Gasteiger partial charge < -0.3 is 19.7 Å². The highest BCUT2D eigenvalue weighted by atomic mass is 16.7. The summed E-state index contributed by atoms with van der Waals surface area (Å²) in [4.78, 5) is 16.9. The number of nitrogens with one attached hydrogen (secondary N) is 1. The van der Waals surface area contributed by atoms with E-state index in [-0.39, 0.29) is 17.9 Å². The van der Waals surface area contributed by atoms with Gasteiger partial charge in [-0.15, -0.1) is 0 Å². The molecule has 0 radical (unpaired) electrons. The molecule has 2 heterocycles. The lowest BCUT2D eigenvalue weighted by molar-refractivity contribution is -0.179. The van der Waals surface area contributed by atoms with Gasteiger partial charge in [-0.2, -0.15) is 0 Å². The smallest absolute Gasteiger partial charge is 0.317 e. The number of benzene rings is 1. The molecular formula is C20H29N3O3. The van der Waals surface area contributed by atoms with E-state index in [9.17, 15) is 4.79 Å². The predicted octanol–water partition coefficient (Wildman–Crippen LogP) is 2.20. The third-order valence-corrected chi connectivity index (χ3v) is 5.80. The van der Waals surface area contributed by atoms with Crippen molar-refractivity contribution in [3.8, 4) is 0 Å². The van der Waals surface area contributed by atoms with Gasteiger partial charge in [0.15, 0.2) is 5.79 Å². The van der Waals surface area contributed by atoms with Crippen LogP contribution in [0.5, 0.6) is 0 Å². The lowest BCUT2D eigenvalue weighted by Gasteiger charge is -2.38. The number of urea groups is 1. The number of hydrogen-bond acceptors (Lipinski definition) is 4. The zero-order valence-electron chi connectivity index (χ0n) is 15.4. The fourth-order valence-electron chi connectivity index (χ4n) is 4.20. The molecule has 142 valence electrons. The quantitative estimate of drug-likeness (QED) is 0.899. The number of hydrogen-bond donors (Lipinski definition) is 1. The Kier molecular flexibility index (Phi) is 5.43. The van der Waals surface area contributed by atoms with Gasteiger partial charge in [0.1, 0.15) is 0 Å². The molecule has 3 fully saturated rings. The molecule has 2 saturated heterocycles. The minimum atomic E-state index is -0.357. The fraction of sp³-hybridized carbons (Fsp3) is 0.650. The molecule has 4 rings (SSSR count). The van der Waals surface area contributed by atoms with Gasteiger partial charge in [-0.25, -0.2) is 4.79 Å². The predicted molar refractivity (Wildman–Crippen MR) is 98.7 cm³/mol. The summed E-state index contributed by atoms with van der Waals surface area (Å²) in [5.41, 5.74) is 1.33. The largest absolute Gasteiger partial charge is 0.348 e. The van der Waals surface area contributed by atoms with Crippen LogP contribution in [0.2, 0.25) is 0 Å². The van der Waals surface area contributed by atoms with Crippen LogP contribution in [0, 0.1) is 0 Å². The summed E-state index contributed by atoms with van der Waals surface area (Å²) in [6.45, 7) is 5.80. The van der Waals surface area contributed by atoms with Crippen LogP contribution in [-0.2, 0) is 16.0 Å². The number of carbonyl (C=O) groups excluding carboxylic acids is 1. The van der Waals surface area contributed by atoms with E-state index in [4.69, 9.17) is 9.47 Å². The molecule has 1 saturated carbocycles. The van der Waals surface area contributed by atoms with Gasteiger partial charge in [-0.1, -0.05) is 30.3 Å². The van der Waals surface area contributed by atoms with E-state index in [1.807, 2.05) is 11.0 Å². The van der Waals surface area contributed by atoms with Gasteiger partial charge in [0.2, 0.25) is 0 Å². The van der Waals surface area contributed by atoms with E-state index in [1.165, 1.54) is 5.56 Å². The topological polar surface area (TPSA) is 54.0 Å². The number of piperazine rings is 1. The molecule has 1 N–H and O–H groups in total. The van der Waals surface area contributed by atoms with Crippen molar-refractivity contribution in [2.45, 2.75) is 44.1 Å². The average molecular weight is 359 g/mol. The van der Waals surface area contributed by atoms with E-state index in [0.717, 1.165) is 58.4 Å². The van der Waals surface area contributed by atoms with Crippen LogP contribution in [0.3, 0.4) is 0 Å². The molecule has 1 spiro atoms. The second-order valence-electron chi connectivity index (χ2n) is 7.58. The Bertz CT molecular complexity index is 586. The highest BCUT2D eigenvalue weighted by Gasteiger charge is 2.40. The summed E-state index contributed by atoms with van der Waals surface area (Å²) < 4.78 is 11.5. The fourth-order valence-corrected chi connectivity index (χ4v) is 4.20. The van der Waals surface area contributed by atoms with Crippen LogP contribution >= 0.6 is 0 Å². The van der Waals surface area contributed by atoms with Crippen LogP contribution in [0.4, 0.5) is 4.79 Å². The SMILES string of the molecule is O=C(NC1CCC2(CC1)OCCO2)N1CCN(Cc2ccccc2)CC1. The molecule has 0 aromatic heterocycles. The van der Waals surface area contributed by atoms with Crippen LogP contribution in [-0.4, -0.2) is 67.1 Å². The highest BCUT2D eigenvalue weighted by molar-refractivity contribution is 5.74. The van der Waals surface area contributed by atoms with E-state index < -0.39 is 0 Å². The Morgan fingerprint density at radius 1 is 1.04 bits per heavy atom. The van der Waals surface area contributed by atoms with E-state index >= 15 is 0 Å². The van der Waals surface area contributed by atoms with Crippen molar-refractivity contribution in [3.63, 3.8) is 0 Å². The van der Waals surface area contributed by atoms with Crippen molar-refractivity contribution in [1.82, 2.24) is 15.1 Å². The van der Waals surface area contributed by atoms with Crippen molar-refractivity contribution in [3.05, 3.63) is 35.9 Å². The maximum absolute atomic E-state index is 12.6. The number of rotatable bonds is 3. The first kappa shape index (κ1) is 17.8. The molecule has 1 aromatic carbocycles. The minimum Gasteiger partial charge on any atom is -0.348 e. The zero-order chi connectivity index (χ0) is 17.8. The maximum Gasteiger partial charge on any atom is 0.317 e. The minimum absolute atomic E-state index is 0.0820. The highest BCUT2D eigenvalue weighted by Crippen LogP contribution is 2.35. The number of carbonyl (C=O) groups is 1. The van der Waals surface area contributed by atoms with Crippen LogP contribution in [0.1, 0.15) is 31.2 Å². The van der Waals surface area contributed by atoms with Gasteiger partial charge in [-0.05, 0) is 18.4 Å². The molecule has 0 unspecified atom stereocenters. The maximum atomic E-state index is 12.6. The normalized spacial score (nSPS) is 24.1. The molecule has 2 aliphatic heterocycles. The Morgan fingerprint density at radius 3 is 2.35 bits per heavy atom. The van der Waals surface area contributed by atoms with Crippen molar-refractivity contribution in [1.29, 1.82) is 0 Å². The molecule has 6 heteroatoms. The molecular weight excluding hydrogens is 330 g/mol. The monoisotopic (exact) mass is 359 g/mol. The lowest BCUT2D eigenvalue weighted by atomic mass is 9.90. The van der Waals surface area contributed by atoms with E-state index in [1.54, 1.807) is 0 Å².